The number of esters is 1. The quantitative estimate of drug-likeness (QED) is 0.0769. The first kappa shape index (κ1) is 32.1. The predicted octanol–water partition coefficient (Wildman–Crippen LogP) is 8.11. The standard InChI is InChI=1S/C20H20NO4.3C4H9.Sn/c1-16(22)25-19-12-7-6-11-18(19)21(20(23)13-8-14-24-2)15-17-9-4-3-5-10-17;3*1-3-4-2;/h3-12H,14-15H2,1-2H3;3*1,3-4H2,2H3;. The van der Waals surface area contributed by atoms with Crippen molar-refractivity contribution < 1.29 is 19.1 Å². The van der Waals surface area contributed by atoms with Crippen molar-refractivity contribution in [3.05, 3.63) is 69.8 Å². The third-order valence-electron chi connectivity index (χ3n) is 7.12. The molecular weight excluding hydrogens is 581 g/mol. The van der Waals surface area contributed by atoms with Crippen LogP contribution in [0, 0.1) is 0 Å². The molecule has 2 rings (SSSR count). The van der Waals surface area contributed by atoms with Gasteiger partial charge in [0.25, 0.3) is 0 Å². The van der Waals surface area contributed by atoms with Gasteiger partial charge in [-0.15, -0.1) is 0 Å². The van der Waals surface area contributed by atoms with Gasteiger partial charge in [-0.3, -0.25) is 0 Å². The second kappa shape index (κ2) is 17.5. The number of carbonyl (C=O) groups is 2. The van der Waals surface area contributed by atoms with Gasteiger partial charge in [0.15, 0.2) is 0 Å². The SMILES string of the molecule is CCC[CH2][Sn]([CH2]CCC)([CH2]CCC)/[C](=C/COC)C(=O)N(Cc1ccccc1)c1ccccc1OC(C)=O. The molecule has 2 aromatic rings. The first-order valence-electron chi connectivity index (χ1n) is 14.2. The van der Waals surface area contributed by atoms with Crippen LogP contribution in [0.3, 0.4) is 0 Å². The van der Waals surface area contributed by atoms with E-state index in [-0.39, 0.29) is 5.91 Å². The summed E-state index contributed by atoms with van der Waals surface area (Å²) in [6.45, 7) is 8.95. The van der Waals surface area contributed by atoms with Crippen molar-refractivity contribution in [1.29, 1.82) is 0 Å². The molecule has 0 radical (unpaired) electrons. The molecule has 0 aliphatic carbocycles. The van der Waals surface area contributed by atoms with Gasteiger partial charge in [0.1, 0.15) is 0 Å². The fourth-order valence-corrected chi connectivity index (χ4v) is 21.5. The van der Waals surface area contributed by atoms with Crippen LogP contribution in [0.5, 0.6) is 5.75 Å². The molecule has 0 heterocycles. The summed E-state index contributed by atoms with van der Waals surface area (Å²) in [6.07, 6.45) is 8.96. The molecule has 0 aromatic heterocycles. The summed E-state index contributed by atoms with van der Waals surface area (Å²) >= 11 is -3.16. The molecule has 0 aliphatic heterocycles. The van der Waals surface area contributed by atoms with E-state index >= 15 is 0 Å². The Balaban J connectivity index is 2.71. The van der Waals surface area contributed by atoms with Crippen LogP contribution >= 0.6 is 0 Å². The Morgan fingerprint density at radius 1 is 0.842 bits per heavy atom. The van der Waals surface area contributed by atoms with E-state index in [1.807, 2.05) is 53.4 Å². The number of unbranched alkanes of at least 4 members (excludes halogenated alkanes) is 3. The van der Waals surface area contributed by atoms with E-state index in [4.69, 9.17) is 9.47 Å². The van der Waals surface area contributed by atoms with Crippen LogP contribution in [0.2, 0.25) is 13.3 Å². The predicted molar refractivity (Wildman–Crippen MR) is 160 cm³/mol. The molecule has 0 aliphatic rings. The summed E-state index contributed by atoms with van der Waals surface area (Å²) in [4.78, 5) is 28.6. The number of carbonyl (C=O) groups excluding carboxylic acids is 2. The Bertz CT molecular complexity index is 999. The molecule has 0 N–H and O–H groups in total. The second-order valence-corrected chi connectivity index (χ2v) is 23.2. The van der Waals surface area contributed by atoms with Gasteiger partial charge in [-0.1, -0.05) is 0 Å². The van der Waals surface area contributed by atoms with Crippen LogP contribution in [0.15, 0.2) is 64.3 Å². The van der Waals surface area contributed by atoms with Crippen molar-refractivity contribution in [2.45, 2.75) is 86.1 Å². The normalized spacial score (nSPS) is 11.9. The molecule has 38 heavy (non-hydrogen) atoms. The average Bonchev–Trinajstić information content (AvgIpc) is 2.93. The van der Waals surface area contributed by atoms with Crippen LogP contribution < -0.4 is 9.64 Å². The summed E-state index contributed by atoms with van der Waals surface area (Å²) in [5.41, 5.74) is 1.66. The number of amides is 1. The van der Waals surface area contributed by atoms with E-state index in [0.29, 0.717) is 24.6 Å². The van der Waals surface area contributed by atoms with Crippen LogP contribution in [-0.2, 0) is 20.9 Å². The Morgan fingerprint density at radius 3 is 1.92 bits per heavy atom. The molecule has 0 fully saturated rings. The average molecular weight is 628 g/mol. The number of anilines is 1. The fraction of sp³-hybridized carbons (Fsp3) is 0.500. The third kappa shape index (κ3) is 9.56. The molecular formula is C32H47NO4Sn. The molecule has 0 unspecified atom stereocenters. The van der Waals surface area contributed by atoms with Crippen LogP contribution in [0.4, 0.5) is 5.69 Å². The topological polar surface area (TPSA) is 55.8 Å². The summed E-state index contributed by atoms with van der Waals surface area (Å²) in [6, 6.07) is 17.4. The maximum atomic E-state index is 14.8. The number of methoxy groups -OCH3 is 1. The Labute approximate surface area is 234 Å². The number of hydrogen-bond donors (Lipinski definition) is 0. The van der Waals surface area contributed by atoms with Crippen LogP contribution in [0.25, 0.3) is 0 Å². The maximum absolute atomic E-state index is 14.8. The Morgan fingerprint density at radius 2 is 1.39 bits per heavy atom. The van der Waals surface area contributed by atoms with Crippen molar-refractivity contribution in [1.82, 2.24) is 0 Å². The monoisotopic (exact) mass is 629 g/mol. The van der Waals surface area contributed by atoms with Crippen molar-refractivity contribution in [2.75, 3.05) is 18.6 Å². The second-order valence-electron chi connectivity index (χ2n) is 10.1. The number of ether oxygens (including phenoxy) is 2. The number of para-hydroxylation sites is 2. The molecule has 0 atom stereocenters. The Kier molecular flexibility index (Phi) is 14.7. The van der Waals surface area contributed by atoms with Crippen molar-refractivity contribution >= 4 is 35.9 Å². The van der Waals surface area contributed by atoms with Gasteiger partial charge in [-0.05, 0) is 0 Å². The zero-order chi connectivity index (χ0) is 27.8. The Hall–Kier alpha value is -2.12. The minimum atomic E-state index is -3.16. The van der Waals surface area contributed by atoms with E-state index in [1.165, 1.54) is 20.2 Å². The summed E-state index contributed by atoms with van der Waals surface area (Å²) in [5, 5.41) is 0. The molecule has 208 valence electrons. The molecule has 0 bridgehead atoms. The van der Waals surface area contributed by atoms with E-state index in [2.05, 4.69) is 26.8 Å². The van der Waals surface area contributed by atoms with Crippen LogP contribution in [-0.4, -0.2) is 44.0 Å². The number of rotatable bonds is 17. The molecule has 0 saturated heterocycles. The molecule has 2 aromatic carbocycles. The zero-order valence-corrected chi connectivity index (χ0v) is 27.0. The van der Waals surface area contributed by atoms with E-state index in [0.717, 1.165) is 47.7 Å². The van der Waals surface area contributed by atoms with Gasteiger partial charge in [-0.25, -0.2) is 0 Å². The zero-order valence-electron chi connectivity index (χ0n) is 24.1. The van der Waals surface area contributed by atoms with E-state index in [9.17, 15) is 9.59 Å². The van der Waals surface area contributed by atoms with Gasteiger partial charge >= 0.3 is 235 Å². The van der Waals surface area contributed by atoms with Gasteiger partial charge in [0.2, 0.25) is 0 Å². The number of nitrogens with zero attached hydrogens (tertiary/aromatic N) is 1. The van der Waals surface area contributed by atoms with Crippen molar-refractivity contribution in [3.63, 3.8) is 0 Å². The fourth-order valence-electron chi connectivity index (χ4n) is 5.12. The number of benzene rings is 2. The number of hydrogen-bond acceptors (Lipinski definition) is 4. The molecule has 0 spiro atoms. The summed E-state index contributed by atoms with van der Waals surface area (Å²) in [7, 11) is 1.69. The van der Waals surface area contributed by atoms with E-state index < -0.39 is 24.3 Å². The van der Waals surface area contributed by atoms with Gasteiger partial charge in [0.05, 0.1) is 0 Å². The molecule has 1 amide bonds. The minimum absolute atomic E-state index is 0.0459. The van der Waals surface area contributed by atoms with Gasteiger partial charge < -0.3 is 0 Å². The first-order valence-corrected chi connectivity index (χ1v) is 21.7. The molecule has 5 nitrogen and oxygen atoms in total. The summed E-state index contributed by atoms with van der Waals surface area (Å²) in [5.74, 6) is 0.0542. The first-order chi connectivity index (χ1) is 18.4. The van der Waals surface area contributed by atoms with Crippen molar-refractivity contribution in [2.24, 2.45) is 0 Å². The van der Waals surface area contributed by atoms with Gasteiger partial charge in [-0.2, -0.15) is 0 Å². The van der Waals surface area contributed by atoms with Crippen molar-refractivity contribution in [3.8, 4) is 5.75 Å². The van der Waals surface area contributed by atoms with Gasteiger partial charge in [0, 0.05) is 0 Å². The molecule has 0 saturated carbocycles. The van der Waals surface area contributed by atoms with E-state index in [1.54, 1.807) is 13.2 Å². The third-order valence-corrected chi connectivity index (χ3v) is 22.8. The van der Waals surface area contributed by atoms with Crippen LogP contribution in [0.1, 0.15) is 71.8 Å². The summed E-state index contributed by atoms with van der Waals surface area (Å²) < 4.78 is 15.7. The molecule has 6 heteroatoms.